The van der Waals surface area contributed by atoms with Gasteiger partial charge in [-0.2, -0.15) is 0 Å². The molecule has 0 aliphatic rings. The number of hydrogen-bond donors (Lipinski definition) is 0. The molecule has 0 spiro atoms. The number of rotatable bonds is 4. The SMILES string of the molecule is CC(C)(C)[Si](C)(C)OC=CCc1cccc(Br)c1. The van der Waals surface area contributed by atoms with Crippen molar-refractivity contribution in [2.75, 3.05) is 0 Å². The molecule has 0 saturated heterocycles. The summed E-state index contributed by atoms with van der Waals surface area (Å²) in [6.45, 7) is 11.3. The van der Waals surface area contributed by atoms with Crippen LogP contribution in [0.1, 0.15) is 26.3 Å². The molecular weight excluding hydrogens is 304 g/mol. The van der Waals surface area contributed by atoms with Crippen LogP contribution in [0.5, 0.6) is 0 Å². The lowest BCUT2D eigenvalue weighted by Crippen LogP contribution is -2.39. The van der Waals surface area contributed by atoms with Crippen molar-refractivity contribution < 1.29 is 4.43 Å². The molecule has 0 amide bonds. The standard InChI is InChI=1S/C15H23BrOSi/c1-15(2,3)18(4,5)17-11-7-9-13-8-6-10-14(16)12-13/h6-8,10-12H,9H2,1-5H3. The van der Waals surface area contributed by atoms with Crippen molar-refractivity contribution in [1.29, 1.82) is 0 Å². The number of allylic oxidation sites excluding steroid dienone is 1. The molecule has 0 fully saturated rings. The molecule has 0 bridgehead atoms. The molecule has 0 unspecified atom stereocenters. The first-order valence-corrected chi connectivity index (χ1v) is 10.00. The van der Waals surface area contributed by atoms with Gasteiger partial charge in [0.2, 0.25) is 8.32 Å². The Morgan fingerprint density at radius 2 is 1.94 bits per heavy atom. The summed E-state index contributed by atoms with van der Waals surface area (Å²) in [5.41, 5.74) is 1.29. The summed E-state index contributed by atoms with van der Waals surface area (Å²) in [4.78, 5) is 0. The Morgan fingerprint density at radius 1 is 1.28 bits per heavy atom. The lowest BCUT2D eigenvalue weighted by molar-refractivity contribution is 0.429. The fourth-order valence-corrected chi connectivity index (χ4v) is 2.48. The van der Waals surface area contributed by atoms with Gasteiger partial charge < -0.3 is 4.43 Å². The Labute approximate surface area is 121 Å². The molecule has 18 heavy (non-hydrogen) atoms. The van der Waals surface area contributed by atoms with Crippen LogP contribution in [0.25, 0.3) is 0 Å². The molecule has 100 valence electrons. The van der Waals surface area contributed by atoms with Crippen molar-refractivity contribution in [2.24, 2.45) is 0 Å². The zero-order valence-electron chi connectivity index (χ0n) is 12.0. The molecule has 3 heteroatoms. The van der Waals surface area contributed by atoms with Gasteiger partial charge in [-0.3, -0.25) is 0 Å². The Bertz CT molecular complexity index is 419. The second-order valence-corrected chi connectivity index (χ2v) is 11.8. The lowest BCUT2D eigenvalue weighted by atomic mass is 10.2. The van der Waals surface area contributed by atoms with Crippen molar-refractivity contribution in [1.82, 2.24) is 0 Å². The average molecular weight is 327 g/mol. The maximum absolute atomic E-state index is 5.99. The van der Waals surface area contributed by atoms with Crippen LogP contribution in [-0.2, 0) is 10.8 Å². The summed E-state index contributed by atoms with van der Waals surface area (Å²) >= 11 is 3.48. The van der Waals surface area contributed by atoms with E-state index in [1.54, 1.807) is 0 Å². The van der Waals surface area contributed by atoms with E-state index in [4.69, 9.17) is 4.43 Å². The van der Waals surface area contributed by atoms with Crippen LogP contribution in [0.4, 0.5) is 0 Å². The monoisotopic (exact) mass is 326 g/mol. The fourth-order valence-electron chi connectivity index (χ4n) is 1.24. The minimum Gasteiger partial charge on any atom is -0.549 e. The van der Waals surface area contributed by atoms with Crippen LogP contribution in [0.3, 0.4) is 0 Å². The maximum atomic E-state index is 5.99. The van der Waals surface area contributed by atoms with Gasteiger partial charge in [0.25, 0.3) is 0 Å². The molecule has 0 N–H and O–H groups in total. The summed E-state index contributed by atoms with van der Waals surface area (Å²) in [6.07, 6.45) is 4.90. The van der Waals surface area contributed by atoms with Gasteiger partial charge >= 0.3 is 0 Å². The molecule has 0 aromatic heterocycles. The first-order chi connectivity index (χ1) is 8.22. The first-order valence-electron chi connectivity index (χ1n) is 6.30. The van der Waals surface area contributed by atoms with Crippen LogP contribution in [-0.4, -0.2) is 8.32 Å². The molecule has 1 nitrogen and oxygen atoms in total. The highest BCUT2D eigenvalue weighted by molar-refractivity contribution is 9.10. The minimum atomic E-state index is -1.65. The minimum absolute atomic E-state index is 0.257. The average Bonchev–Trinajstić information content (AvgIpc) is 2.23. The Morgan fingerprint density at radius 3 is 2.50 bits per heavy atom. The van der Waals surface area contributed by atoms with Gasteiger partial charge in [0, 0.05) is 4.47 Å². The van der Waals surface area contributed by atoms with E-state index in [1.807, 2.05) is 12.3 Å². The van der Waals surface area contributed by atoms with Crippen LogP contribution < -0.4 is 0 Å². The van der Waals surface area contributed by atoms with E-state index in [9.17, 15) is 0 Å². The number of halogens is 1. The molecular formula is C15H23BrOSi. The molecule has 0 saturated carbocycles. The number of benzene rings is 1. The third-order valence-electron chi connectivity index (χ3n) is 3.51. The van der Waals surface area contributed by atoms with Crippen molar-refractivity contribution in [3.63, 3.8) is 0 Å². The third kappa shape index (κ3) is 4.62. The summed E-state index contributed by atoms with van der Waals surface area (Å²) in [5, 5.41) is 0.257. The topological polar surface area (TPSA) is 9.23 Å². The highest BCUT2D eigenvalue weighted by Crippen LogP contribution is 2.36. The van der Waals surface area contributed by atoms with Gasteiger partial charge in [0.05, 0.1) is 6.26 Å². The highest BCUT2D eigenvalue weighted by atomic mass is 79.9. The fraction of sp³-hybridized carbons (Fsp3) is 0.467. The van der Waals surface area contributed by atoms with Gasteiger partial charge in [-0.15, -0.1) is 0 Å². The van der Waals surface area contributed by atoms with Crippen molar-refractivity contribution in [3.8, 4) is 0 Å². The molecule has 0 aliphatic carbocycles. The van der Waals surface area contributed by atoms with Gasteiger partial charge in [-0.1, -0.05) is 48.8 Å². The zero-order valence-corrected chi connectivity index (χ0v) is 14.5. The third-order valence-corrected chi connectivity index (χ3v) is 8.34. The van der Waals surface area contributed by atoms with Crippen LogP contribution in [0.15, 0.2) is 41.1 Å². The molecule has 1 aromatic rings. The Hall–Kier alpha value is -0.543. The Kier molecular flexibility index (Phi) is 5.23. The van der Waals surface area contributed by atoms with E-state index in [1.165, 1.54) is 5.56 Å². The zero-order chi connectivity index (χ0) is 13.8. The highest BCUT2D eigenvalue weighted by Gasteiger charge is 2.37. The van der Waals surface area contributed by atoms with E-state index in [0.717, 1.165) is 10.9 Å². The van der Waals surface area contributed by atoms with E-state index < -0.39 is 8.32 Å². The van der Waals surface area contributed by atoms with Gasteiger partial charge in [-0.05, 0) is 48.3 Å². The molecule has 0 radical (unpaired) electrons. The van der Waals surface area contributed by atoms with E-state index >= 15 is 0 Å². The van der Waals surface area contributed by atoms with Crippen LogP contribution >= 0.6 is 15.9 Å². The van der Waals surface area contributed by atoms with Crippen molar-refractivity contribution in [2.45, 2.75) is 45.3 Å². The lowest BCUT2D eigenvalue weighted by Gasteiger charge is -2.34. The van der Waals surface area contributed by atoms with E-state index in [0.29, 0.717) is 0 Å². The maximum Gasteiger partial charge on any atom is 0.249 e. The normalized spacial score (nSPS) is 13.0. The molecule has 0 heterocycles. The first kappa shape index (κ1) is 15.5. The quantitative estimate of drug-likeness (QED) is 0.522. The van der Waals surface area contributed by atoms with E-state index in [-0.39, 0.29) is 5.04 Å². The van der Waals surface area contributed by atoms with Gasteiger partial charge in [0.15, 0.2) is 0 Å². The molecule has 0 aliphatic heterocycles. The van der Waals surface area contributed by atoms with E-state index in [2.05, 4.69) is 74.1 Å². The summed E-state index contributed by atoms with van der Waals surface area (Å²) < 4.78 is 7.12. The van der Waals surface area contributed by atoms with Crippen LogP contribution in [0.2, 0.25) is 18.1 Å². The summed E-state index contributed by atoms with van der Waals surface area (Å²) in [5.74, 6) is 0. The Balaban J connectivity index is 2.52. The summed E-state index contributed by atoms with van der Waals surface area (Å²) in [7, 11) is -1.65. The van der Waals surface area contributed by atoms with Crippen LogP contribution in [0, 0.1) is 0 Å². The largest absolute Gasteiger partial charge is 0.549 e. The smallest absolute Gasteiger partial charge is 0.249 e. The van der Waals surface area contributed by atoms with Gasteiger partial charge in [-0.25, -0.2) is 0 Å². The second kappa shape index (κ2) is 6.07. The van der Waals surface area contributed by atoms with Crippen molar-refractivity contribution >= 4 is 24.2 Å². The summed E-state index contributed by atoms with van der Waals surface area (Å²) in [6, 6.07) is 8.36. The molecule has 1 aromatic carbocycles. The van der Waals surface area contributed by atoms with Gasteiger partial charge in [0.1, 0.15) is 0 Å². The van der Waals surface area contributed by atoms with Crippen molar-refractivity contribution in [3.05, 3.63) is 46.6 Å². The number of hydrogen-bond acceptors (Lipinski definition) is 1. The predicted molar refractivity (Wildman–Crippen MR) is 85.3 cm³/mol. The molecule has 1 rings (SSSR count). The molecule has 0 atom stereocenters. The predicted octanol–water partition coefficient (Wildman–Crippen LogP) is 5.53. The second-order valence-electron chi connectivity index (χ2n) is 6.08.